The number of rotatable bonds is 5. The zero-order chi connectivity index (χ0) is 19.2. The molecule has 0 unspecified atom stereocenters. The van der Waals surface area contributed by atoms with Crippen LogP contribution in [0.1, 0.15) is 25.0 Å². The van der Waals surface area contributed by atoms with Crippen molar-refractivity contribution in [2.75, 3.05) is 26.2 Å². The molecule has 0 spiro atoms. The van der Waals surface area contributed by atoms with Gasteiger partial charge in [0.2, 0.25) is 0 Å². The van der Waals surface area contributed by atoms with E-state index in [2.05, 4.69) is 17.1 Å². The average molecular weight is 387 g/mol. The van der Waals surface area contributed by atoms with E-state index in [1.54, 1.807) is 17.0 Å². The van der Waals surface area contributed by atoms with Crippen LogP contribution >= 0.6 is 11.6 Å². The van der Waals surface area contributed by atoms with E-state index in [-0.39, 0.29) is 5.97 Å². The topological polar surface area (TPSA) is 46.3 Å². The Labute approximate surface area is 165 Å². The van der Waals surface area contributed by atoms with Gasteiger partial charge in [-0.05, 0) is 48.9 Å². The molecule has 1 N–H and O–H groups in total. The van der Waals surface area contributed by atoms with Crippen molar-refractivity contribution in [3.05, 3.63) is 64.7 Å². The molecule has 0 bridgehead atoms. The number of halogens is 1. The molecule has 1 fully saturated rings. The Bertz CT molecular complexity index is 795. The molecule has 1 saturated heterocycles. The minimum atomic E-state index is -0.313. The molecule has 0 aromatic heterocycles. The maximum Gasteiger partial charge on any atom is 0.308 e. The van der Waals surface area contributed by atoms with Gasteiger partial charge in [0.15, 0.2) is 0 Å². The zero-order valence-electron chi connectivity index (χ0n) is 15.7. The van der Waals surface area contributed by atoms with E-state index in [9.17, 15) is 4.79 Å². The van der Waals surface area contributed by atoms with Crippen LogP contribution in [0.15, 0.2) is 53.6 Å². The molecule has 27 heavy (non-hydrogen) atoms. The average Bonchev–Trinajstić information content (AvgIpc) is 2.65. The van der Waals surface area contributed by atoms with E-state index in [1.807, 2.05) is 31.2 Å². The number of quaternary nitrogens is 1. The highest BCUT2D eigenvalue weighted by Crippen LogP contribution is 2.13. The summed E-state index contributed by atoms with van der Waals surface area (Å²) in [6.07, 6.45) is 0. The fourth-order valence-corrected chi connectivity index (χ4v) is 3.30. The van der Waals surface area contributed by atoms with Crippen LogP contribution in [0.3, 0.4) is 0 Å². The Balaban J connectivity index is 1.52. The molecule has 0 radical (unpaired) electrons. The molecule has 2 aromatic rings. The number of hydrazone groups is 1. The predicted molar refractivity (Wildman–Crippen MR) is 107 cm³/mol. The summed E-state index contributed by atoms with van der Waals surface area (Å²) in [7, 11) is 0. The maximum atomic E-state index is 11.0. The molecular formula is C21H25ClN3O2+. The summed E-state index contributed by atoms with van der Waals surface area (Å²) in [5, 5.41) is 7.68. The lowest BCUT2D eigenvalue weighted by Gasteiger charge is -2.31. The molecule has 1 aliphatic rings. The van der Waals surface area contributed by atoms with E-state index in [4.69, 9.17) is 21.4 Å². The van der Waals surface area contributed by atoms with Crippen LogP contribution in [0, 0.1) is 0 Å². The van der Waals surface area contributed by atoms with Gasteiger partial charge in [0, 0.05) is 17.5 Å². The van der Waals surface area contributed by atoms with Gasteiger partial charge in [-0.15, -0.1) is 0 Å². The van der Waals surface area contributed by atoms with Crippen LogP contribution in [0.4, 0.5) is 0 Å². The molecule has 142 valence electrons. The molecule has 0 saturated carbocycles. The number of benzene rings is 2. The second kappa shape index (κ2) is 9.02. The SMILES string of the molecule is CC(=O)Oc1ccc(/C(C)=N\N2CC[NH+](Cc3ccc(Cl)cc3)CC2)cc1. The van der Waals surface area contributed by atoms with Gasteiger partial charge >= 0.3 is 5.97 Å². The lowest BCUT2D eigenvalue weighted by Crippen LogP contribution is -3.13. The number of nitrogens with one attached hydrogen (secondary N) is 1. The Morgan fingerprint density at radius 1 is 1.07 bits per heavy atom. The van der Waals surface area contributed by atoms with Gasteiger partial charge in [-0.1, -0.05) is 23.7 Å². The molecule has 3 rings (SSSR count). The van der Waals surface area contributed by atoms with Gasteiger partial charge in [0.1, 0.15) is 12.3 Å². The van der Waals surface area contributed by atoms with E-state index in [1.165, 1.54) is 12.5 Å². The smallest absolute Gasteiger partial charge is 0.308 e. The summed E-state index contributed by atoms with van der Waals surface area (Å²) in [5.74, 6) is 0.241. The molecule has 6 heteroatoms. The second-order valence-electron chi connectivity index (χ2n) is 6.81. The van der Waals surface area contributed by atoms with Gasteiger partial charge in [0.25, 0.3) is 0 Å². The third kappa shape index (κ3) is 5.81. The van der Waals surface area contributed by atoms with Crippen LogP contribution in [-0.2, 0) is 11.3 Å². The Hall–Kier alpha value is -2.37. The second-order valence-corrected chi connectivity index (χ2v) is 7.25. The summed E-state index contributed by atoms with van der Waals surface area (Å²) >= 11 is 5.95. The highest BCUT2D eigenvalue weighted by Gasteiger charge is 2.19. The Kier molecular flexibility index (Phi) is 6.48. The van der Waals surface area contributed by atoms with Crippen LogP contribution in [-0.4, -0.2) is 42.9 Å². The summed E-state index contributed by atoms with van der Waals surface area (Å²) in [5.41, 5.74) is 3.31. The highest BCUT2D eigenvalue weighted by atomic mass is 35.5. The number of carbonyl (C=O) groups is 1. The first-order chi connectivity index (χ1) is 13.0. The number of hydrogen-bond donors (Lipinski definition) is 1. The minimum absolute atomic E-state index is 0.313. The van der Waals surface area contributed by atoms with Gasteiger partial charge in [-0.2, -0.15) is 5.10 Å². The summed E-state index contributed by atoms with van der Waals surface area (Å²) in [6, 6.07) is 15.6. The van der Waals surface area contributed by atoms with Gasteiger partial charge in [0.05, 0.1) is 31.9 Å². The van der Waals surface area contributed by atoms with Crippen LogP contribution in [0.2, 0.25) is 5.02 Å². The number of esters is 1. The van der Waals surface area contributed by atoms with Gasteiger partial charge in [-0.25, -0.2) is 0 Å². The Morgan fingerprint density at radius 3 is 2.30 bits per heavy atom. The molecule has 1 aliphatic heterocycles. The van der Waals surface area contributed by atoms with E-state index in [0.717, 1.165) is 49.0 Å². The van der Waals surface area contributed by atoms with E-state index >= 15 is 0 Å². The minimum Gasteiger partial charge on any atom is -0.427 e. The maximum absolute atomic E-state index is 11.0. The van der Waals surface area contributed by atoms with Gasteiger partial charge < -0.3 is 9.64 Å². The molecule has 0 atom stereocenters. The first kappa shape index (κ1) is 19.4. The highest BCUT2D eigenvalue weighted by molar-refractivity contribution is 6.30. The van der Waals surface area contributed by atoms with E-state index in [0.29, 0.717) is 5.75 Å². The molecule has 2 aromatic carbocycles. The van der Waals surface area contributed by atoms with Crippen molar-refractivity contribution >= 4 is 23.3 Å². The third-order valence-corrected chi connectivity index (χ3v) is 4.89. The van der Waals surface area contributed by atoms with Crippen molar-refractivity contribution in [2.24, 2.45) is 5.10 Å². The Morgan fingerprint density at radius 2 is 1.70 bits per heavy atom. The number of ether oxygens (including phenoxy) is 1. The first-order valence-electron chi connectivity index (χ1n) is 9.16. The van der Waals surface area contributed by atoms with Crippen molar-refractivity contribution < 1.29 is 14.4 Å². The number of carbonyl (C=O) groups excluding carboxylic acids is 1. The van der Waals surface area contributed by atoms with Gasteiger partial charge in [-0.3, -0.25) is 9.80 Å². The standard InChI is InChI=1S/C21H24ClN3O2/c1-16(19-5-9-21(10-6-19)27-17(2)26)23-25-13-11-24(12-14-25)15-18-3-7-20(22)8-4-18/h3-10H,11-15H2,1-2H3/p+1/b23-16-. The molecule has 5 nitrogen and oxygen atoms in total. The number of piperazine rings is 1. The monoisotopic (exact) mass is 386 g/mol. The summed E-state index contributed by atoms with van der Waals surface area (Å²) < 4.78 is 5.07. The third-order valence-electron chi connectivity index (χ3n) is 4.64. The van der Waals surface area contributed by atoms with Crippen molar-refractivity contribution in [2.45, 2.75) is 20.4 Å². The molecule has 0 aliphatic carbocycles. The molecule has 0 amide bonds. The predicted octanol–water partition coefficient (Wildman–Crippen LogP) is 2.39. The molecule has 1 heterocycles. The quantitative estimate of drug-likeness (QED) is 0.487. The number of nitrogens with zero attached hydrogens (tertiary/aromatic N) is 2. The lowest BCUT2D eigenvalue weighted by atomic mass is 10.1. The van der Waals surface area contributed by atoms with Crippen LogP contribution in [0.5, 0.6) is 5.75 Å². The van der Waals surface area contributed by atoms with Crippen LogP contribution in [0.25, 0.3) is 0 Å². The van der Waals surface area contributed by atoms with Crippen molar-refractivity contribution in [1.29, 1.82) is 0 Å². The molecular weight excluding hydrogens is 362 g/mol. The van der Waals surface area contributed by atoms with Crippen molar-refractivity contribution in [3.8, 4) is 5.75 Å². The normalized spacial score (nSPS) is 15.7. The fraction of sp³-hybridized carbons (Fsp3) is 0.333. The summed E-state index contributed by atoms with van der Waals surface area (Å²) in [4.78, 5) is 12.6. The zero-order valence-corrected chi connectivity index (χ0v) is 16.5. The fourth-order valence-electron chi connectivity index (χ4n) is 3.18. The largest absolute Gasteiger partial charge is 0.427 e. The van der Waals surface area contributed by atoms with E-state index < -0.39 is 0 Å². The van der Waals surface area contributed by atoms with Crippen molar-refractivity contribution in [3.63, 3.8) is 0 Å². The van der Waals surface area contributed by atoms with Crippen LogP contribution < -0.4 is 9.64 Å². The van der Waals surface area contributed by atoms with Crippen molar-refractivity contribution in [1.82, 2.24) is 5.01 Å². The lowest BCUT2D eigenvalue weighted by molar-refractivity contribution is -0.918. The number of hydrogen-bond acceptors (Lipinski definition) is 4. The first-order valence-corrected chi connectivity index (χ1v) is 9.54. The summed E-state index contributed by atoms with van der Waals surface area (Å²) in [6.45, 7) is 8.42.